The molecule has 6 aromatic rings. The van der Waals surface area contributed by atoms with E-state index >= 15 is 0 Å². The molecular weight excluding hydrogens is 548 g/mol. The second kappa shape index (κ2) is 10.5. The van der Waals surface area contributed by atoms with E-state index in [9.17, 15) is 45.3 Å². The number of benzene rings is 4. The van der Waals surface area contributed by atoms with Gasteiger partial charge in [0.2, 0.25) is 22.4 Å². The van der Waals surface area contributed by atoms with Crippen molar-refractivity contribution in [1.82, 2.24) is 0 Å². The molecule has 0 aliphatic heterocycles. The lowest BCUT2D eigenvalue weighted by Gasteiger charge is -2.07. The van der Waals surface area contributed by atoms with Gasteiger partial charge in [0, 0.05) is 23.3 Å². The van der Waals surface area contributed by atoms with Gasteiger partial charge in [0.05, 0.1) is 10.8 Å². The summed E-state index contributed by atoms with van der Waals surface area (Å²) in [6.45, 7) is 1.73. The van der Waals surface area contributed by atoms with Gasteiger partial charge in [-0.2, -0.15) is 0 Å². The summed E-state index contributed by atoms with van der Waals surface area (Å²) in [5.74, 6) is -2.20. The summed E-state index contributed by atoms with van der Waals surface area (Å²) in [7, 11) is 0. The number of phenolic OH excluding ortho intramolecular Hbond substituents is 5. The number of fused-ring (bicyclic) bond motifs is 2. The zero-order chi connectivity index (χ0) is 30.3. The molecule has 6 rings (SSSR count). The van der Waals surface area contributed by atoms with Crippen molar-refractivity contribution in [2.75, 3.05) is 0 Å². The number of aromatic hydroxyl groups is 7. The Labute approximate surface area is 235 Å². The van der Waals surface area contributed by atoms with Gasteiger partial charge in [-0.05, 0) is 61.0 Å². The second-order valence-electron chi connectivity index (χ2n) is 9.28. The van der Waals surface area contributed by atoms with E-state index in [2.05, 4.69) is 0 Å². The van der Waals surface area contributed by atoms with Gasteiger partial charge in [0.1, 0.15) is 28.4 Å². The van der Waals surface area contributed by atoms with Crippen LogP contribution in [0.2, 0.25) is 0 Å². The molecule has 0 aliphatic carbocycles. The van der Waals surface area contributed by atoms with Gasteiger partial charge in [-0.3, -0.25) is 9.59 Å². The Balaban J connectivity index is 0.000000168. The fourth-order valence-corrected chi connectivity index (χ4v) is 4.15. The van der Waals surface area contributed by atoms with E-state index < -0.39 is 28.1 Å². The summed E-state index contributed by atoms with van der Waals surface area (Å²) in [5.41, 5.74) is 0.264. The van der Waals surface area contributed by atoms with Crippen molar-refractivity contribution in [3.8, 4) is 62.9 Å². The van der Waals surface area contributed by atoms with E-state index in [1.54, 1.807) is 19.1 Å². The smallest absolute Gasteiger partial charge is 0.235 e. The minimum Gasteiger partial charge on any atom is -0.508 e. The topological polar surface area (TPSA) is 202 Å². The van der Waals surface area contributed by atoms with Gasteiger partial charge in [0.25, 0.3) is 0 Å². The summed E-state index contributed by atoms with van der Waals surface area (Å²) in [6, 6.07) is 16.3. The highest BCUT2D eigenvalue weighted by Crippen LogP contribution is 2.36. The molecule has 0 saturated heterocycles. The molecular formula is C31H22O11. The predicted molar refractivity (Wildman–Crippen MR) is 152 cm³/mol. The summed E-state index contributed by atoms with van der Waals surface area (Å²) in [6.07, 6.45) is 0. The molecule has 11 nitrogen and oxygen atoms in total. The molecule has 2 aromatic heterocycles. The molecule has 2 heterocycles. The zero-order valence-electron chi connectivity index (χ0n) is 21.7. The first-order valence-electron chi connectivity index (χ1n) is 12.2. The Morgan fingerprint density at radius 2 is 0.952 bits per heavy atom. The Morgan fingerprint density at radius 1 is 0.500 bits per heavy atom. The third kappa shape index (κ3) is 4.97. The number of hydrogen-bond donors (Lipinski definition) is 7. The largest absolute Gasteiger partial charge is 0.508 e. The lowest BCUT2D eigenvalue weighted by molar-refractivity contribution is 0.403. The van der Waals surface area contributed by atoms with Gasteiger partial charge in [-0.15, -0.1) is 0 Å². The molecule has 42 heavy (non-hydrogen) atoms. The van der Waals surface area contributed by atoms with Crippen LogP contribution in [0.3, 0.4) is 0 Å². The van der Waals surface area contributed by atoms with Gasteiger partial charge in [-0.1, -0.05) is 12.1 Å². The van der Waals surface area contributed by atoms with Crippen molar-refractivity contribution >= 4 is 21.9 Å². The SMILES string of the molecule is Cc1ccc(-c2oc3cc(O)ccc3c(=O)c2O)cc1O.O=c1c(O)c(-c2ccc(O)c(O)c2)oc2cc(O)ccc12. The third-order valence-corrected chi connectivity index (χ3v) is 6.41. The van der Waals surface area contributed by atoms with Gasteiger partial charge >= 0.3 is 0 Å². The molecule has 0 fully saturated rings. The second-order valence-corrected chi connectivity index (χ2v) is 9.28. The van der Waals surface area contributed by atoms with Crippen LogP contribution in [0.4, 0.5) is 0 Å². The van der Waals surface area contributed by atoms with E-state index in [4.69, 9.17) is 8.83 Å². The first-order valence-corrected chi connectivity index (χ1v) is 12.2. The van der Waals surface area contributed by atoms with Crippen LogP contribution in [0.25, 0.3) is 44.6 Å². The van der Waals surface area contributed by atoms with Crippen LogP contribution in [-0.4, -0.2) is 35.7 Å². The lowest BCUT2D eigenvalue weighted by Crippen LogP contribution is -2.02. The molecule has 0 radical (unpaired) electrons. The quantitative estimate of drug-likeness (QED) is 0.135. The Kier molecular flexibility index (Phi) is 6.85. The summed E-state index contributed by atoms with van der Waals surface area (Å²) < 4.78 is 10.9. The van der Waals surface area contributed by atoms with Crippen molar-refractivity contribution in [1.29, 1.82) is 0 Å². The highest BCUT2D eigenvalue weighted by molar-refractivity contribution is 5.84. The minimum atomic E-state index is -0.654. The average Bonchev–Trinajstić information content (AvgIpc) is 2.96. The molecule has 11 heteroatoms. The summed E-state index contributed by atoms with van der Waals surface area (Å²) >= 11 is 0. The molecule has 0 spiro atoms. The fraction of sp³-hybridized carbons (Fsp3) is 0.0323. The Bertz CT molecular complexity index is 1970. The lowest BCUT2D eigenvalue weighted by atomic mass is 10.1. The van der Waals surface area contributed by atoms with Crippen LogP contribution in [0.1, 0.15) is 5.56 Å². The standard InChI is InChI=1S/C16H12O5.C15H10O6/c1-8-2-3-9(6-12(8)18)16-15(20)14(19)11-5-4-10(17)7-13(11)21-16;16-8-2-3-9-12(6-8)21-15(14(20)13(9)19)7-1-4-10(17)11(18)5-7/h2-7,17-18,20H,1H3;1-6,16-18,20H. The van der Waals surface area contributed by atoms with Gasteiger partial charge in [-0.25, -0.2) is 0 Å². The number of aryl methyl sites for hydroxylation is 1. The summed E-state index contributed by atoms with van der Waals surface area (Å²) in [4.78, 5) is 24.2. The van der Waals surface area contributed by atoms with Crippen LogP contribution < -0.4 is 10.9 Å². The molecule has 0 atom stereocenters. The van der Waals surface area contributed by atoms with Crippen LogP contribution in [0.15, 0.2) is 91.2 Å². The molecule has 212 valence electrons. The molecule has 4 aromatic carbocycles. The monoisotopic (exact) mass is 570 g/mol. The molecule has 0 aliphatic rings. The number of phenols is 5. The highest BCUT2D eigenvalue weighted by atomic mass is 16.4. The van der Waals surface area contributed by atoms with Crippen molar-refractivity contribution in [2.24, 2.45) is 0 Å². The van der Waals surface area contributed by atoms with Crippen molar-refractivity contribution < 1.29 is 44.6 Å². The first kappa shape index (κ1) is 27.5. The van der Waals surface area contributed by atoms with E-state index in [0.717, 1.165) is 6.07 Å². The predicted octanol–water partition coefficient (Wildman–Crippen LogP) is 5.17. The molecule has 0 saturated carbocycles. The van der Waals surface area contributed by atoms with Crippen molar-refractivity contribution in [2.45, 2.75) is 6.92 Å². The maximum Gasteiger partial charge on any atom is 0.235 e. The molecule has 0 amide bonds. The van der Waals surface area contributed by atoms with Crippen LogP contribution in [0.5, 0.6) is 40.2 Å². The maximum atomic E-state index is 12.1. The Hall–Kier alpha value is -6.10. The van der Waals surface area contributed by atoms with Crippen LogP contribution >= 0.6 is 0 Å². The van der Waals surface area contributed by atoms with E-state index in [1.165, 1.54) is 54.6 Å². The van der Waals surface area contributed by atoms with E-state index in [-0.39, 0.29) is 62.0 Å². The maximum absolute atomic E-state index is 12.1. The third-order valence-electron chi connectivity index (χ3n) is 6.41. The average molecular weight is 571 g/mol. The van der Waals surface area contributed by atoms with Gasteiger partial charge < -0.3 is 44.6 Å². The van der Waals surface area contributed by atoms with Gasteiger partial charge in [0.15, 0.2) is 23.0 Å². The van der Waals surface area contributed by atoms with Crippen LogP contribution in [0, 0.1) is 6.92 Å². The highest BCUT2D eigenvalue weighted by Gasteiger charge is 2.18. The number of rotatable bonds is 2. The first-order chi connectivity index (χ1) is 19.9. The number of hydrogen-bond acceptors (Lipinski definition) is 11. The fourth-order valence-electron chi connectivity index (χ4n) is 4.15. The van der Waals surface area contributed by atoms with Crippen molar-refractivity contribution in [3.05, 3.63) is 98.8 Å². The summed E-state index contributed by atoms with van der Waals surface area (Å²) in [5, 5.41) is 67.7. The zero-order valence-corrected chi connectivity index (χ0v) is 21.7. The molecule has 0 bridgehead atoms. The molecule has 0 unspecified atom stereocenters. The van der Waals surface area contributed by atoms with E-state index in [0.29, 0.717) is 11.1 Å². The van der Waals surface area contributed by atoms with Crippen molar-refractivity contribution in [3.63, 3.8) is 0 Å². The normalized spacial score (nSPS) is 10.9. The Morgan fingerprint density at radius 3 is 1.40 bits per heavy atom. The van der Waals surface area contributed by atoms with Crippen LogP contribution in [-0.2, 0) is 0 Å². The minimum absolute atomic E-state index is 0.0329. The molecule has 7 N–H and O–H groups in total. The van der Waals surface area contributed by atoms with E-state index in [1.807, 2.05) is 0 Å².